The van der Waals surface area contributed by atoms with Crippen molar-refractivity contribution in [2.75, 3.05) is 19.8 Å². The van der Waals surface area contributed by atoms with Crippen LogP contribution < -0.4 is 11.0 Å². The molecule has 15 heavy (non-hydrogen) atoms. The molecule has 0 aliphatic carbocycles. The van der Waals surface area contributed by atoms with Gasteiger partial charge in [0.15, 0.2) is 0 Å². The van der Waals surface area contributed by atoms with Crippen LogP contribution in [0, 0.1) is 0 Å². The first-order valence-electron chi connectivity index (χ1n) is 5.25. The van der Waals surface area contributed by atoms with E-state index < -0.39 is 0 Å². The highest BCUT2D eigenvalue weighted by molar-refractivity contribution is 5.83. The number of morpholine rings is 1. The Bertz CT molecular complexity index is 249. The van der Waals surface area contributed by atoms with E-state index in [0.717, 1.165) is 0 Å². The topological polar surface area (TPSA) is 62.8 Å². The summed E-state index contributed by atoms with van der Waals surface area (Å²) in [5, 5.41) is 0. The number of carbonyl (C=O) groups is 1. The first-order valence-corrected chi connectivity index (χ1v) is 5.25. The first kappa shape index (κ1) is 10.8. The molecular weight excluding hydrogens is 198 g/mol. The molecule has 3 atom stereocenters. The Hall–Kier alpha value is -0.690. The Labute approximate surface area is 88.8 Å². The van der Waals surface area contributed by atoms with Gasteiger partial charge in [-0.1, -0.05) is 0 Å². The van der Waals surface area contributed by atoms with Crippen LogP contribution in [0.2, 0.25) is 0 Å². The fraction of sp³-hybridized carbons (Fsp3) is 0.889. The van der Waals surface area contributed by atoms with E-state index >= 15 is 0 Å². The van der Waals surface area contributed by atoms with Crippen molar-refractivity contribution >= 4 is 5.91 Å². The summed E-state index contributed by atoms with van der Waals surface area (Å²) >= 11 is 0. The summed E-state index contributed by atoms with van der Waals surface area (Å²) < 4.78 is 5.29. The van der Waals surface area contributed by atoms with E-state index in [9.17, 15) is 4.79 Å². The van der Waals surface area contributed by atoms with Gasteiger partial charge < -0.3 is 9.64 Å². The Kier molecular flexibility index (Phi) is 3.20. The third-order valence-electron chi connectivity index (χ3n) is 2.85. The van der Waals surface area contributed by atoms with E-state index in [1.165, 1.54) is 0 Å². The van der Waals surface area contributed by atoms with Crippen molar-refractivity contribution in [1.29, 1.82) is 0 Å². The number of nitrogens with one attached hydrogen (secondary N) is 2. The minimum Gasteiger partial charge on any atom is -0.377 e. The average molecular weight is 215 g/mol. The van der Waals surface area contributed by atoms with E-state index in [2.05, 4.69) is 11.0 Å². The smallest absolute Gasteiger partial charge is 0.244 e. The maximum Gasteiger partial charge on any atom is 0.244 e. The van der Waals surface area contributed by atoms with Crippen LogP contribution in [0.1, 0.15) is 13.8 Å². The molecule has 1 amide bonds. The molecule has 2 saturated heterocycles. The van der Waals surface area contributed by atoms with Crippen LogP contribution in [0.25, 0.3) is 0 Å². The normalized spacial score (nSPS) is 36.9. The van der Waals surface area contributed by atoms with Crippen LogP contribution in [0.15, 0.2) is 0 Å². The van der Waals surface area contributed by atoms with Gasteiger partial charge in [0.1, 0.15) is 6.04 Å². The lowest BCUT2D eigenvalue weighted by Gasteiger charge is -2.35. The highest BCUT2D eigenvalue weighted by Gasteiger charge is 2.36. The van der Waals surface area contributed by atoms with Crippen molar-refractivity contribution < 1.29 is 14.5 Å². The van der Waals surface area contributed by atoms with Crippen molar-refractivity contribution in [1.82, 2.24) is 15.9 Å². The predicted molar refractivity (Wildman–Crippen MR) is 52.6 cm³/mol. The maximum absolute atomic E-state index is 12.1. The minimum atomic E-state index is -0.300. The summed E-state index contributed by atoms with van der Waals surface area (Å²) in [6.45, 7) is 5.79. The van der Waals surface area contributed by atoms with Crippen molar-refractivity contribution in [3.63, 3.8) is 0 Å². The lowest BCUT2D eigenvalue weighted by molar-refractivity contribution is -0.142. The number of hydroxylamine groups is 2. The quantitative estimate of drug-likeness (QED) is 0.589. The fourth-order valence-corrected chi connectivity index (χ4v) is 1.86. The predicted octanol–water partition coefficient (Wildman–Crippen LogP) is -0.970. The van der Waals surface area contributed by atoms with E-state index in [1.807, 2.05) is 18.7 Å². The van der Waals surface area contributed by atoms with E-state index in [1.54, 1.807) is 0 Å². The highest BCUT2D eigenvalue weighted by atomic mass is 16.8. The van der Waals surface area contributed by atoms with Crippen molar-refractivity contribution in [3.8, 4) is 0 Å². The molecule has 6 nitrogen and oxygen atoms in total. The summed E-state index contributed by atoms with van der Waals surface area (Å²) in [7, 11) is 0. The number of nitrogens with zero attached hydrogens (tertiary/aromatic N) is 1. The third kappa shape index (κ3) is 2.12. The molecule has 2 aliphatic heterocycles. The van der Waals surface area contributed by atoms with Gasteiger partial charge in [-0.3, -0.25) is 4.79 Å². The van der Waals surface area contributed by atoms with E-state index in [4.69, 9.17) is 9.68 Å². The summed E-state index contributed by atoms with van der Waals surface area (Å²) in [4.78, 5) is 18.8. The number of ether oxygens (including phenoxy) is 1. The van der Waals surface area contributed by atoms with Gasteiger partial charge in [-0.2, -0.15) is 11.0 Å². The van der Waals surface area contributed by atoms with Crippen molar-refractivity contribution in [2.45, 2.75) is 32.0 Å². The number of rotatable bonds is 1. The second kappa shape index (κ2) is 4.44. The van der Waals surface area contributed by atoms with Gasteiger partial charge in [0, 0.05) is 6.54 Å². The molecule has 0 radical (unpaired) electrons. The second-order valence-corrected chi connectivity index (χ2v) is 4.06. The number of hydrogen-bond donors (Lipinski definition) is 2. The standard InChI is InChI=1S/C9H17N3O3/c1-6-5-14-4-3-12(6)9(13)8-7(2)10-15-11-8/h6-8,10-11H,3-5H2,1-2H3/t6-,7?,8?/m0/s1. The molecule has 6 heteroatoms. The van der Waals surface area contributed by atoms with Gasteiger partial charge >= 0.3 is 0 Å². The largest absolute Gasteiger partial charge is 0.377 e. The Morgan fingerprint density at radius 3 is 2.80 bits per heavy atom. The number of carbonyl (C=O) groups excluding carboxylic acids is 1. The van der Waals surface area contributed by atoms with Gasteiger partial charge in [-0.25, -0.2) is 4.94 Å². The molecule has 0 aromatic rings. The zero-order valence-corrected chi connectivity index (χ0v) is 9.03. The zero-order chi connectivity index (χ0) is 10.8. The molecule has 2 rings (SSSR count). The fourth-order valence-electron chi connectivity index (χ4n) is 1.86. The minimum absolute atomic E-state index is 0.00690. The first-order chi connectivity index (χ1) is 7.20. The maximum atomic E-state index is 12.1. The van der Waals surface area contributed by atoms with Gasteiger partial charge in [-0.05, 0) is 13.8 Å². The molecule has 0 aromatic heterocycles. The van der Waals surface area contributed by atoms with Gasteiger partial charge in [0.05, 0.1) is 25.3 Å². The van der Waals surface area contributed by atoms with Gasteiger partial charge in [0.25, 0.3) is 0 Å². The lowest BCUT2D eigenvalue weighted by atomic mass is 10.1. The Balaban J connectivity index is 1.99. The zero-order valence-electron chi connectivity index (χ0n) is 9.03. The number of hydrogen-bond acceptors (Lipinski definition) is 5. The van der Waals surface area contributed by atoms with Crippen LogP contribution in [-0.2, 0) is 14.5 Å². The molecule has 0 bridgehead atoms. The molecule has 2 fully saturated rings. The van der Waals surface area contributed by atoms with E-state index in [0.29, 0.717) is 19.8 Å². The SMILES string of the molecule is CC1NONC1C(=O)N1CCOC[C@@H]1C. The number of amides is 1. The molecule has 2 aliphatic rings. The molecule has 0 spiro atoms. The van der Waals surface area contributed by atoms with Crippen LogP contribution in [0.4, 0.5) is 0 Å². The molecule has 0 saturated carbocycles. The molecule has 0 aromatic carbocycles. The Morgan fingerprint density at radius 1 is 1.40 bits per heavy atom. The van der Waals surface area contributed by atoms with Crippen LogP contribution in [-0.4, -0.2) is 48.7 Å². The van der Waals surface area contributed by atoms with Crippen LogP contribution >= 0.6 is 0 Å². The summed E-state index contributed by atoms with van der Waals surface area (Å²) in [5.41, 5.74) is 5.40. The lowest BCUT2D eigenvalue weighted by Crippen LogP contribution is -2.55. The molecule has 2 N–H and O–H groups in total. The summed E-state index contributed by atoms with van der Waals surface area (Å²) in [6.07, 6.45) is 0. The average Bonchev–Trinajstić information content (AvgIpc) is 2.64. The summed E-state index contributed by atoms with van der Waals surface area (Å²) in [6, 6.07) is -0.168. The van der Waals surface area contributed by atoms with Gasteiger partial charge in [0.2, 0.25) is 5.91 Å². The van der Waals surface area contributed by atoms with Crippen molar-refractivity contribution in [3.05, 3.63) is 0 Å². The van der Waals surface area contributed by atoms with Crippen molar-refractivity contribution in [2.24, 2.45) is 0 Å². The Morgan fingerprint density at radius 2 is 2.20 bits per heavy atom. The monoisotopic (exact) mass is 215 g/mol. The molecule has 2 unspecified atom stereocenters. The molecule has 2 heterocycles. The van der Waals surface area contributed by atoms with Crippen LogP contribution in [0.5, 0.6) is 0 Å². The molecular formula is C9H17N3O3. The second-order valence-electron chi connectivity index (χ2n) is 4.06. The van der Waals surface area contributed by atoms with Crippen LogP contribution in [0.3, 0.4) is 0 Å². The highest BCUT2D eigenvalue weighted by Crippen LogP contribution is 2.11. The third-order valence-corrected chi connectivity index (χ3v) is 2.85. The summed E-state index contributed by atoms with van der Waals surface area (Å²) in [5.74, 6) is 0.0725. The van der Waals surface area contributed by atoms with E-state index in [-0.39, 0.29) is 24.0 Å². The molecule has 86 valence electrons. The van der Waals surface area contributed by atoms with Gasteiger partial charge in [-0.15, -0.1) is 0 Å².